The van der Waals surface area contributed by atoms with Crippen LogP contribution in [0, 0.1) is 0 Å². The molecule has 1 aromatic heterocycles. The number of rotatable bonds is 4. The first-order valence-electron chi connectivity index (χ1n) is 5.81. The van der Waals surface area contributed by atoms with E-state index in [9.17, 15) is 9.36 Å². The summed E-state index contributed by atoms with van der Waals surface area (Å²) in [6.45, 7) is 2.33. The van der Waals surface area contributed by atoms with Crippen molar-refractivity contribution in [3.63, 3.8) is 0 Å². The van der Waals surface area contributed by atoms with Gasteiger partial charge in [0.05, 0.1) is 0 Å². The fourth-order valence-electron chi connectivity index (χ4n) is 1.58. The van der Waals surface area contributed by atoms with Gasteiger partial charge in [-0.05, 0) is 12.1 Å². The van der Waals surface area contributed by atoms with E-state index >= 15 is 0 Å². The van der Waals surface area contributed by atoms with Crippen LogP contribution >= 0.6 is 7.82 Å². The summed E-state index contributed by atoms with van der Waals surface area (Å²) in [6, 6.07) is 3.36. The van der Waals surface area contributed by atoms with Crippen molar-refractivity contribution in [3.8, 4) is 0 Å². The molecule has 1 N–H and O–H groups in total. The van der Waals surface area contributed by atoms with Crippen molar-refractivity contribution in [2.24, 2.45) is 0 Å². The molecule has 9 heteroatoms. The van der Waals surface area contributed by atoms with Crippen molar-refractivity contribution in [2.45, 2.75) is 0 Å². The van der Waals surface area contributed by atoms with Crippen molar-refractivity contribution in [3.05, 3.63) is 24.5 Å². The zero-order valence-corrected chi connectivity index (χ0v) is 11.4. The molecule has 106 valence electrons. The third-order valence-corrected chi connectivity index (χ3v) is 3.78. The number of carbonyl (C=O) groups is 1. The van der Waals surface area contributed by atoms with Crippen LogP contribution in [0.5, 0.6) is 0 Å². The predicted octanol–water partition coefficient (Wildman–Crippen LogP) is 0.713. The molecule has 0 aromatic carbocycles. The molecule has 1 aliphatic rings. The quantitative estimate of drug-likeness (QED) is 0.822. The minimum absolute atomic E-state index is 0.492. The first-order valence-corrected chi connectivity index (χ1v) is 7.27. The number of nitrogens with zero attached hydrogens (tertiary/aromatic N) is 2. The summed E-state index contributed by atoms with van der Waals surface area (Å²) >= 11 is 0. The summed E-state index contributed by atoms with van der Waals surface area (Å²) < 4.78 is 27.9. The van der Waals surface area contributed by atoms with E-state index in [1.54, 1.807) is 12.1 Å². The molecule has 0 radical (unpaired) electrons. The molecule has 1 fully saturated rings. The van der Waals surface area contributed by atoms with E-state index in [1.807, 2.05) is 0 Å². The third kappa shape index (κ3) is 3.73. The Bertz CT molecular complexity index is 458. The van der Waals surface area contributed by atoms with Crippen LogP contribution < -0.4 is 9.94 Å². The Labute approximate surface area is 110 Å². The molecule has 1 saturated heterocycles. The average molecular weight is 289 g/mol. The van der Waals surface area contributed by atoms with Crippen LogP contribution in [0.25, 0.3) is 0 Å². The standard InChI is InChI=1S/C10H16N3O5P/c1-16-19(15,18-13-6-2-3-7-13)17-10(14)12-8-4-11-5-9-12/h2-3,6-7,11H,4-5,8-9H2,1H3. The lowest BCUT2D eigenvalue weighted by atomic mass is 10.4. The Morgan fingerprint density at radius 3 is 2.47 bits per heavy atom. The molecule has 0 aliphatic carbocycles. The lowest BCUT2D eigenvalue weighted by molar-refractivity contribution is 0.103. The highest BCUT2D eigenvalue weighted by atomic mass is 31.2. The molecular formula is C10H16N3O5P. The van der Waals surface area contributed by atoms with E-state index in [0.29, 0.717) is 26.2 Å². The van der Waals surface area contributed by atoms with Gasteiger partial charge >= 0.3 is 13.9 Å². The highest BCUT2D eigenvalue weighted by Gasteiger charge is 2.34. The normalized spacial score (nSPS) is 18.7. The average Bonchev–Trinajstić information content (AvgIpc) is 2.92. The maximum absolute atomic E-state index is 12.2. The molecule has 1 atom stereocenters. The van der Waals surface area contributed by atoms with Gasteiger partial charge in [-0.1, -0.05) is 0 Å². The first-order chi connectivity index (χ1) is 9.13. The molecule has 1 amide bonds. The molecule has 0 spiro atoms. The summed E-state index contributed by atoms with van der Waals surface area (Å²) in [5, 5.41) is 3.10. The van der Waals surface area contributed by atoms with Crippen molar-refractivity contribution in [1.82, 2.24) is 14.9 Å². The van der Waals surface area contributed by atoms with Gasteiger partial charge in [0.2, 0.25) is 0 Å². The summed E-state index contributed by atoms with van der Waals surface area (Å²) in [5.41, 5.74) is 0. The maximum Gasteiger partial charge on any atom is 0.610 e. The number of aromatic nitrogens is 1. The van der Waals surface area contributed by atoms with Gasteiger partial charge in [0.25, 0.3) is 0 Å². The Morgan fingerprint density at radius 1 is 1.26 bits per heavy atom. The third-order valence-electron chi connectivity index (χ3n) is 2.56. The minimum atomic E-state index is -3.96. The molecule has 1 aliphatic heterocycles. The highest BCUT2D eigenvalue weighted by molar-refractivity contribution is 7.49. The number of piperazine rings is 1. The number of nitrogens with one attached hydrogen (secondary N) is 1. The zero-order valence-electron chi connectivity index (χ0n) is 10.5. The van der Waals surface area contributed by atoms with Crippen molar-refractivity contribution >= 4 is 13.9 Å². The molecule has 1 unspecified atom stereocenters. The number of hydrogen-bond donors (Lipinski definition) is 1. The lowest BCUT2D eigenvalue weighted by Gasteiger charge is -2.27. The monoisotopic (exact) mass is 289 g/mol. The molecule has 0 saturated carbocycles. The Hall–Kier alpha value is -1.50. The smallest absolute Gasteiger partial charge is 0.343 e. The Balaban J connectivity index is 1.97. The Morgan fingerprint density at radius 2 is 1.89 bits per heavy atom. The summed E-state index contributed by atoms with van der Waals surface area (Å²) in [6.07, 6.45) is 2.33. The van der Waals surface area contributed by atoms with Gasteiger partial charge in [-0.2, -0.15) is 4.73 Å². The molecular weight excluding hydrogens is 273 g/mol. The topological polar surface area (TPSA) is 82.0 Å². The molecule has 2 heterocycles. The van der Waals surface area contributed by atoms with Crippen LogP contribution in [0.1, 0.15) is 0 Å². The fourth-order valence-corrected chi connectivity index (χ4v) is 2.40. The molecule has 19 heavy (non-hydrogen) atoms. The number of hydrogen-bond acceptors (Lipinski definition) is 6. The first kappa shape index (κ1) is 13.9. The van der Waals surface area contributed by atoms with E-state index in [-0.39, 0.29) is 0 Å². The number of carbonyl (C=O) groups excluding carboxylic acids is 1. The predicted molar refractivity (Wildman–Crippen MR) is 66.6 cm³/mol. The summed E-state index contributed by atoms with van der Waals surface area (Å²) in [4.78, 5) is 13.3. The highest BCUT2D eigenvalue weighted by Crippen LogP contribution is 2.45. The van der Waals surface area contributed by atoms with E-state index in [1.165, 1.54) is 17.3 Å². The lowest BCUT2D eigenvalue weighted by Crippen LogP contribution is -2.46. The van der Waals surface area contributed by atoms with E-state index in [0.717, 1.165) is 11.8 Å². The molecule has 2 rings (SSSR count). The van der Waals surface area contributed by atoms with E-state index in [2.05, 4.69) is 5.32 Å². The second kappa shape index (κ2) is 6.10. The van der Waals surface area contributed by atoms with Gasteiger partial charge in [-0.25, -0.2) is 9.36 Å². The molecule has 1 aromatic rings. The van der Waals surface area contributed by atoms with Gasteiger partial charge < -0.3 is 19.4 Å². The van der Waals surface area contributed by atoms with Crippen molar-refractivity contribution < 1.29 is 23.0 Å². The van der Waals surface area contributed by atoms with Gasteiger partial charge in [0.1, 0.15) is 0 Å². The second-order valence-electron chi connectivity index (χ2n) is 3.85. The fraction of sp³-hybridized carbons (Fsp3) is 0.500. The molecule has 0 bridgehead atoms. The van der Waals surface area contributed by atoms with E-state index < -0.39 is 13.9 Å². The summed E-state index contributed by atoms with van der Waals surface area (Å²) in [5.74, 6) is 0. The summed E-state index contributed by atoms with van der Waals surface area (Å²) in [7, 11) is -2.80. The molecule has 8 nitrogen and oxygen atoms in total. The second-order valence-corrected chi connectivity index (χ2v) is 5.45. The largest absolute Gasteiger partial charge is 0.610 e. The van der Waals surface area contributed by atoms with Crippen LogP contribution in [0.2, 0.25) is 0 Å². The zero-order chi connectivity index (χ0) is 13.7. The van der Waals surface area contributed by atoms with Gasteiger partial charge in [0, 0.05) is 45.7 Å². The van der Waals surface area contributed by atoms with Crippen LogP contribution in [-0.2, 0) is 13.6 Å². The van der Waals surface area contributed by atoms with Crippen molar-refractivity contribution in [1.29, 1.82) is 0 Å². The number of phosphoric ester groups is 1. The Kier molecular flexibility index (Phi) is 4.47. The number of phosphoric acid groups is 1. The van der Waals surface area contributed by atoms with E-state index in [4.69, 9.17) is 13.7 Å². The van der Waals surface area contributed by atoms with Crippen LogP contribution in [-0.4, -0.2) is 49.0 Å². The van der Waals surface area contributed by atoms with Gasteiger partial charge in [-0.3, -0.25) is 4.52 Å². The SMILES string of the molecule is COP(=O)(OC(=O)N1CCNCC1)On1cccc1. The van der Waals surface area contributed by atoms with Crippen LogP contribution in [0.4, 0.5) is 4.79 Å². The minimum Gasteiger partial charge on any atom is -0.343 e. The van der Waals surface area contributed by atoms with Gasteiger partial charge in [-0.15, -0.1) is 0 Å². The van der Waals surface area contributed by atoms with Crippen LogP contribution in [0.15, 0.2) is 24.5 Å². The number of amides is 1. The van der Waals surface area contributed by atoms with Gasteiger partial charge in [0.15, 0.2) is 0 Å². The van der Waals surface area contributed by atoms with Crippen LogP contribution in [0.3, 0.4) is 0 Å². The van der Waals surface area contributed by atoms with Crippen molar-refractivity contribution in [2.75, 3.05) is 33.3 Å². The maximum atomic E-state index is 12.2.